The highest BCUT2D eigenvalue weighted by atomic mass is 16.2. The first kappa shape index (κ1) is 20.0. The number of allylic oxidation sites excluding steroid dienone is 1. The quantitative estimate of drug-likeness (QED) is 0.577. The predicted octanol–water partition coefficient (Wildman–Crippen LogP) is 3.72. The van der Waals surface area contributed by atoms with Gasteiger partial charge in [-0.2, -0.15) is 0 Å². The molecule has 0 unspecified atom stereocenters. The highest BCUT2D eigenvalue weighted by Gasteiger charge is 2.35. The van der Waals surface area contributed by atoms with Crippen LogP contribution in [0.5, 0.6) is 0 Å². The number of carbonyl (C=O) groups excluding carboxylic acids is 2. The van der Waals surface area contributed by atoms with Crippen molar-refractivity contribution >= 4 is 23.2 Å². The monoisotopic (exact) mass is 357 g/mol. The van der Waals surface area contributed by atoms with Crippen LogP contribution in [0.25, 0.3) is 0 Å². The van der Waals surface area contributed by atoms with Crippen molar-refractivity contribution in [3.8, 4) is 0 Å². The molecule has 0 atom stereocenters. The Morgan fingerprint density at radius 2 is 1.77 bits per heavy atom. The first-order valence-corrected chi connectivity index (χ1v) is 9.36. The van der Waals surface area contributed by atoms with Crippen molar-refractivity contribution in [3.63, 3.8) is 0 Å². The van der Waals surface area contributed by atoms with E-state index in [2.05, 4.69) is 16.7 Å². The minimum atomic E-state index is -1.12. The maximum Gasteiger partial charge on any atom is 0.239 e. The van der Waals surface area contributed by atoms with Crippen LogP contribution in [0.4, 0.5) is 11.4 Å². The van der Waals surface area contributed by atoms with Crippen molar-refractivity contribution in [3.05, 3.63) is 35.9 Å². The van der Waals surface area contributed by atoms with Crippen molar-refractivity contribution in [2.45, 2.75) is 46.0 Å². The summed E-state index contributed by atoms with van der Waals surface area (Å²) in [5, 5.41) is 5.75. The first-order chi connectivity index (χ1) is 12.3. The van der Waals surface area contributed by atoms with Gasteiger partial charge in [-0.15, -0.1) is 0 Å². The van der Waals surface area contributed by atoms with Crippen LogP contribution in [0, 0.1) is 5.41 Å². The van der Waals surface area contributed by atoms with Crippen molar-refractivity contribution in [1.82, 2.24) is 5.32 Å². The Hall–Kier alpha value is -2.30. The fourth-order valence-electron chi connectivity index (χ4n) is 2.92. The van der Waals surface area contributed by atoms with Crippen LogP contribution >= 0.6 is 0 Å². The SMILES string of the molecule is CN(C)c1ccc(NC(=O)C(C)(C)C(=O)NCCC2=CCCCC2)cc1. The van der Waals surface area contributed by atoms with E-state index in [0.717, 1.165) is 24.9 Å². The van der Waals surface area contributed by atoms with Gasteiger partial charge in [0.1, 0.15) is 5.41 Å². The molecule has 26 heavy (non-hydrogen) atoms. The number of nitrogens with zero attached hydrogens (tertiary/aromatic N) is 1. The van der Waals surface area contributed by atoms with Gasteiger partial charge in [0.05, 0.1) is 0 Å². The molecule has 1 aliphatic rings. The summed E-state index contributed by atoms with van der Waals surface area (Å²) in [6, 6.07) is 7.55. The molecule has 0 aromatic heterocycles. The fraction of sp³-hybridized carbons (Fsp3) is 0.524. The van der Waals surface area contributed by atoms with E-state index in [1.807, 2.05) is 43.3 Å². The Labute approximate surface area is 156 Å². The Morgan fingerprint density at radius 3 is 2.35 bits per heavy atom. The van der Waals surface area contributed by atoms with Crippen LogP contribution in [0.1, 0.15) is 46.0 Å². The van der Waals surface area contributed by atoms with Gasteiger partial charge in [-0.05, 0) is 70.2 Å². The van der Waals surface area contributed by atoms with Crippen molar-refractivity contribution in [2.24, 2.45) is 5.41 Å². The van der Waals surface area contributed by atoms with E-state index in [4.69, 9.17) is 0 Å². The second-order valence-corrected chi connectivity index (χ2v) is 7.63. The Bertz CT molecular complexity index is 660. The van der Waals surface area contributed by atoms with Crippen LogP contribution in [0.2, 0.25) is 0 Å². The molecule has 0 radical (unpaired) electrons. The minimum absolute atomic E-state index is 0.240. The zero-order valence-corrected chi connectivity index (χ0v) is 16.4. The summed E-state index contributed by atoms with van der Waals surface area (Å²) in [7, 11) is 3.93. The molecule has 1 aliphatic carbocycles. The van der Waals surface area contributed by atoms with Crippen molar-refractivity contribution in [2.75, 3.05) is 30.9 Å². The van der Waals surface area contributed by atoms with E-state index in [1.54, 1.807) is 13.8 Å². The molecule has 0 heterocycles. The normalized spacial score (nSPS) is 14.4. The molecule has 2 rings (SSSR count). The van der Waals surface area contributed by atoms with Crippen molar-refractivity contribution in [1.29, 1.82) is 0 Å². The van der Waals surface area contributed by atoms with E-state index in [0.29, 0.717) is 12.2 Å². The van der Waals surface area contributed by atoms with Gasteiger partial charge in [-0.3, -0.25) is 9.59 Å². The summed E-state index contributed by atoms with van der Waals surface area (Å²) < 4.78 is 0. The van der Waals surface area contributed by atoms with Crippen LogP contribution in [-0.4, -0.2) is 32.5 Å². The van der Waals surface area contributed by atoms with E-state index in [9.17, 15) is 9.59 Å². The van der Waals surface area contributed by atoms with Gasteiger partial charge >= 0.3 is 0 Å². The molecule has 0 saturated carbocycles. The van der Waals surface area contributed by atoms with E-state index in [-0.39, 0.29) is 11.8 Å². The number of rotatable bonds is 7. The third-order valence-electron chi connectivity index (χ3n) is 4.89. The van der Waals surface area contributed by atoms with Gasteiger partial charge in [0, 0.05) is 32.0 Å². The zero-order chi connectivity index (χ0) is 19.2. The van der Waals surface area contributed by atoms with Gasteiger partial charge < -0.3 is 15.5 Å². The lowest BCUT2D eigenvalue weighted by molar-refractivity contribution is -0.138. The second kappa shape index (κ2) is 8.88. The lowest BCUT2D eigenvalue weighted by Gasteiger charge is -2.23. The number of benzene rings is 1. The smallest absolute Gasteiger partial charge is 0.239 e. The molecule has 0 spiro atoms. The summed E-state index contributed by atoms with van der Waals surface area (Å²) >= 11 is 0. The molecule has 5 heteroatoms. The molecule has 2 N–H and O–H groups in total. The molecule has 5 nitrogen and oxygen atoms in total. The summed E-state index contributed by atoms with van der Waals surface area (Å²) in [6.45, 7) is 3.90. The number of hydrogen-bond acceptors (Lipinski definition) is 3. The van der Waals surface area contributed by atoms with Gasteiger partial charge in [0.15, 0.2) is 0 Å². The highest BCUT2D eigenvalue weighted by Crippen LogP contribution is 2.22. The fourth-order valence-corrected chi connectivity index (χ4v) is 2.92. The van der Waals surface area contributed by atoms with Gasteiger partial charge in [-0.1, -0.05) is 11.6 Å². The van der Waals surface area contributed by atoms with E-state index >= 15 is 0 Å². The Kier molecular flexibility index (Phi) is 6.83. The van der Waals surface area contributed by atoms with Crippen LogP contribution in [0.3, 0.4) is 0 Å². The molecule has 2 amide bonds. The lowest BCUT2D eigenvalue weighted by atomic mass is 9.90. The molecule has 1 aromatic rings. The van der Waals surface area contributed by atoms with Crippen molar-refractivity contribution < 1.29 is 9.59 Å². The largest absolute Gasteiger partial charge is 0.378 e. The maximum atomic E-state index is 12.6. The number of nitrogens with one attached hydrogen (secondary N) is 2. The van der Waals surface area contributed by atoms with E-state index < -0.39 is 5.41 Å². The maximum absolute atomic E-state index is 12.6. The molecule has 0 fully saturated rings. The third-order valence-corrected chi connectivity index (χ3v) is 4.89. The standard InChI is InChI=1S/C21H31N3O2/c1-21(2,19(25)22-15-14-16-8-6-5-7-9-16)20(26)23-17-10-12-18(13-11-17)24(3)4/h8,10-13H,5-7,9,14-15H2,1-4H3,(H,22,25)(H,23,26). The molecular weight excluding hydrogens is 326 g/mol. The Balaban J connectivity index is 1.86. The number of carbonyl (C=O) groups is 2. The van der Waals surface area contributed by atoms with Gasteiger partial charge in [0.2, 0.25) is 11.8 Å². The lowest BCUT2D eigenvalue weighted by Crippen LogP contribution is -2.45. The van der Waals surface area contributed by atoms with Crippen LogP contribution in [-0.2, 0) is 9.59 Å². The predicted molar refractivity (Wildman–Crippen MR) is 107 cm³/mol. The highest BCUT2D eigenvalue weighted by molar-refractivity contribution is 6.09. The topological polar surface area (TPSA) is 61.4 Å². The third kappa shape index (κ3) is 5.35. The molecule has 142 valence electrons. The summed E-state index contributed by atoms with van der Waals surface area (Å²) in [5.41, 5.74) is 2.03. The van der Waals surface area contributed by atoms with Crippen LogP contribution in [0.15, 0.2) is 35.9 Å². The average Bonchev–Trinajstić information content (AvgIpc) is 2.62. The summed E-state index contributed by atoms with van der Waals surface area (Å²) in [5.74, 6) is -0.541. The molecule has 1 aromatic carbocycles. The minimum Gasteiger partial charge on any atom is -0.378 e. The molecular formula is C21H31N3O2. The Morgan fingerprint density at radius 1 is 1.08 bits per heavy atom. The van der Waals surface area contributed by atoms with E-state index in [1.165, 1.54) is 18.4 Å². The molecule has 0 aliphatic heterocycles. The second-order valence-electron chi connectivity index (χ2n) is 7.63. The van der Waals surface area contributed by atoms with Crippen LogP contribution < -0.4 is 15.5 Å². The summed E-state index contributed by atoms with van der Waals surface area (Å²) in [6.07, 6.45) is 7.92. The van der Waals surface area contributed by atoms with Gasteiger partial charge in [-0.25, -0.2) is 0 Å². The first-order valence-electron chi connectivity index (χ1n) is 9.36. The number of amides is 2. The molecule has 0 saturated heterocycles. The summed E-state index contributed by atoms with van der Waals surface area (Å²) in [4.78, 5) is 27.0. The number of hydrogen-bond donors (Lipinski definition) is 2. The molecule has 0 bridgehead atoms. The van der Waals surface area contributed by atoms with Gasteiger partial charge in [0.25, 0.3) is 0 Å². The number of anilines is 2. The zero-order valence-electron chi connectivity index (χ0n) is 16.4. The average molecular weight is 357 g/mol.